The van der Waals surface area contributed by atoms with Crippen molar-refractivity contribution in [3.63, 3.8) is 0 Å². The number of amides is 3. The summed E-state index contributed by atoms with van der Waals surface area (Å²) in [6, 6.07) is 11.1. The average molecular weight is 617 g/mol. The van der Waals surface area contributed by atoms with E-state index in [0.717, 1.165) is 32.9 Å². The summed E-state index contributed by atoms with van der Waals surface area (Å²) in [6.45, 7) is 7.73. The summed E-state index contributed by atoms with van der Waals surface area (Å²) in [5.41, 5.74) is 9.47. The number of aliphatic carboxylic acids is 1. The Hall–Kier alpha value is -4.64. The van der Waals surface area contributed by atoms with Crippen LogP contribution in [-0.4, -0.2) is 62.9 Å². The fourth-order valence-corrected chi connectivity index (χ4v) is 5.59. The van der Waals surface area contributed by atoms with Gasteiger partial charge in [0.05, 0.1) is 6.04 Å². The summed E-state index contributed by atoms with van der Waals surface area (Å²) in [5, 5.41) is 20.0. The lowest BCUT2D eigenvalue weighted by Crippen LogP contribution is -2.58. The fraction of sp³-hybridized carbons (Fsp3) is 0.412. The molecule has 8 N–H and O–H groups in total. The van der Waals surface area contributed by atoms with E-state index in [1.54, 1.807) is 12.4 Å². The zero-order valence-electron chi connectivity index (χ0n) is 26.2. The zero-order valence-corrected chi connectivity index (χ0v) is 26.2. The maximum absolute atomic E-state index is 13.8. The molecule has 4 atom stereocenters. The summed E-state index contributed by atoms with van der Waals surface area (Å²) < 4.78 is 0. The van der Waals surface area contributed by atoms with E-state index >= 15 is 0 Å². The van der Waals surface area contributed by atoms with Crippen molar-refractivity contribution in [2.24, 2.45) is 17.6 Å². The smallest absolute Gasteiger partial charge is 0.326 e. The molecule has 3 amide bonds. The Balaban J connectivity index is 1.54. The number of carboxylic acids is 1. The Labute approximate surface area is 262 Å². The van der Waals surface area contributed by atoms with Gasteiger partial charge in [0, 0.05) is 47.0 Å². The molecule has 0 saturated carbocycles. The Morgan fingerprint density at radius 3 is 1.62 bits per heavy atom. The molecule has 0 spiro atoms. The summed E-state index contributed by atoms with van der Waals surface area (Å²) in [7, 11) is 0. The van der Waals surface area contributed by atoms with Crippen molar-refractivity contribution in [3.8, 4) is 0 Å². The van der Waals surface area contributed by atoms with Crippen molar-refractivity contribution >= 4 is 45.5 Å². The van der Waals surface area contributed by atoms with Crippen molar-refractivity contribution in [1.82, 2.24) is 25.9 Å². The summed E-state index contributed by atoms with van der Waals surface area (Å²) in [4.78, 5) is 59.0. The molecule has 11 heteroatoms. The van der Waals surface area contributed by atoms with Gasteiger partial charge >= 0.3 is 5.97 Å². The lowest BCUT2D eigenvalue weighted by Gasteiger charge is -2.26. The van der Waals surface area contributed by atoms with Gasteiger partial charge in [-0.25, -0.2) is 4.79 Å². The highest BCUT2D eigenvalue weighted by Crippen LogP contribution is 2.21. The van der Waals surface area contributed by atoms with E-state index in [0.29, 0.717) is 6.42 Å². The van der Waals surface area contributed by atoms with Gasteiger partial charge < -0.3 is 36.8 Å². The first-order chi connectivity index (χ1) is 21.4. The molecule has 11 nitrogen and oxygen atoms in total. The minimum absolute atomic E-state index is 0.000863. The predicted molar refractivity (Wildman–Crippen MR) is 174 cm³/mol. The van der Waals surface area contributed by atoms with Gasteiger partial charge in [-0.2, -0.15) is 0 Å². The highest BCUT2D eigenvalue weighted by Gasteiger charge is 2.32. The van der Waals surface area contributed by atoms with E-state index in [4.69, 9.17) is 5.73 Å². The second-order valence-corrected chi connectivity index (χ2v) is 12.5. The second kappa shape index (κ2) is 14.9. The third kappa shape index (κ3) is 8.72. The van der Waals surface area contributed by atoms with Crippen LogP contribution in [0.15, 0.2) is 60.9 Å². The fourth-order valence-electron chi connectivity index (χ4n) is 5.59. The SMILES string of the molecule is CC(C)CC(N)C(=O)NC(Cc1c[nH]c2ccccc12)C(=O)NC(CC(C)C)C(=O)NC(Cc1c[nH]c2ccccc12)C(=O)O. The first-order valence-corrected chi connectivity index (χ1v) is 15.4. The number of carbonyl (C=O) groups is 4. The van der Waals surface area contributed by atoms with Crippen LogP contribution in [0.5, 0.6) is 0 Å². The average Bonchev–Trinajstić information content (AvgIpc) is 3.59. The van der Waals surface area contributed by atoms with Crippen LogP contribution in [0.2, 0.25) is 0 Å². The molecule has 0 radical (unpaired) electrons. The predicted octanol–water partition coefficient (Wildman–Crippen LogP) is 3.39. The molecule has 4 unspecified atom stereocenters. The summed E-state index contributed by atoms with van der Waals surface area (Å²) in [6.07, 6.45) is 4.45. The molecule has 45 heavy (non-hydrogen) atoms. The molecule has 2 aromatic carbocycles. The normalized spacial score (nSPS) is 14.3. The Morgan fingerprint density at radius 1 is 0.667 bits per heavy atom. The van der Waals surface area contributed by atoms with Crippen LogP contribution < -0.4 is 21.7 Å². The topological polar surface area (TPSA) is 182 Å². The Morgan fingerprint density at radius 2 is 1.11 bits per heavy atom. The Kier molecular flexibility index (Phi) is 11.0. The van der Waals surface area contributed by atoms with Crippen molar-refractivity contribution < 1.29 is 24.3 Å². The van der Waals surface area contributed by atoms with Gasteiger partial charge in [0.1, 0.15) is 18.1 Å². The number of hydrogen-bond acceptors (Lipinski definition) is 5. The van der Waals surface area contributed by atoms with E-state index in [1.165, 1.54) is 0 Å². The maximum Gasteiger partial charge on any atom is 0.326 e. The van der Waals surface area contributed by atoms with Crippen LogP contribution >= 0.6 is 0 Å². The van der Waals surface area contributed by atoms with Gasteiger partial charge in [0.25, 0.3) is 0 Å². The van der Waals surface area contributed by atoms with Crippen LogP contribution in [0.3, 0.4) is 0 Å². The number of carboxylic acid groups (broad SMARTS) is 1. The standard InChI is InChI=1S/C34H44N6O5/c1-19(2)13-25(35)31(41)38-29(15-21-17-36-26-11-7-5-9-23(21)26)33(43)39-28(14-20(3)4)32(42)40-30(34(44)45)16-22-18-37-27-12-8-6-10-24(22)27/h5-12,17-20,25,28-30,36-37H,13-16,35H2,1-4H3,(H,38,41)(H,39,43)(H,40,42)(H,44,45). The minimum Gasteiger partial charge on any atom is -0.480 e. The number of para-hydroxylation sites is 2. The van der Waals surface area contributed by atoms with Crippen molar-refractivity contribution in [3.05, 3.63) is 72.1 Å². The molecule has 0 aliphatic heterocycles. The van der Waals surface area contributed by atoms with Gasteiger partial charge in [-0.15, -0.1) is 0 Å². The summed E-state index contributed by atoms with van der Waals surface area (Å²) >= 11 is 0. The first-order valence-electron chi connectivity index (χ1n) is 15.4. The van der Waals surface area contributed by atoms with Crippen molar-refractivity contribution in [1.29, 1.82) is 0 Å². The number of H-pyrrole nitrogens is 2. The molecule has 0 aliphatic rings. The van der Waals surface area contributed by atoms with Crippen LogP contribution in [0.25, 0.3) is 21.8 Å². The number of carbonyl (C=O) groups excluding carboxylic acids is 3. The van der Waals surface area contributed by atoms with Gasteiger partial charge in [-0.1, -0.05) is 64.1 Å². The third-order valence-corrected chi connectivity index (χ3v) is 7.85. The molecule has 2 heterocycles. The van der Waals surface area contributed by atoms with Crippen LogP contribution in [0.1, 0.15) is 51.7 Å². The van der Waals surface area contributed by atoms with Gasteiger partial charge in [0.2, 0.25) is 17.7 Å². The highest BCUT2D eigenvalue weighted by atomic mass is 16.4. The lowest BCUT2D eigenvalue weighted by molar-refractivity contribution is -0.142. The van der Waals surface area contributed by atoms with Crippen molar-refractivity contribution in [2.75, 3.05) is 0 Å². The molecule has 4 aromatic rings. The number of aromatic nitrogens is 2. The lowest BCUT2D eigenvalue weighted by atomic mass is 9.99. The van der Waals surface area contributed by atoms with Crippen LogP contribution in [0, 0.1) is 11.8 Å². The minimum atomic E-state index is -1.22. The molecule has 0 saturated heterocycles. The van der Waals surface area contributed by atoms with Gasteiger partial charge in [-0.05, 0) is 47.9 Å². The largest absolute Gasteiger partial charge is 0.480 e. The van der Waals surface area contributed by atoms with Crippen LogP contribution in [0.4, 0.5) is 0 Å². The molecule has 0 fully saturated rings. The monoisotopic (exact) mass is 616 g/mol. The zero-order chi connectivity index (χ0) is 32.7. The Bertz CT molecular complexity index is 1640. The van der Waals surface area contributed by atoms with Gasteiger partial charge in [0.15, 0.2) is 0 Å². The van der Waals surface area contributed by atoms with Crippen LogP contribution in [-0.2, 0) is 32.0 Å². The number of hydrogen-bond donors (Lipinski definition) is 7. The quantitative estimate of drug-likeness (QED) is 0.107. The number of benzene rings is 2. The first kappa shape index (κ1) is 33.3. The molecule has 0 bridgehead atoms. The van der Waals surface area contributed by atoms with E-state index in [2.05, 4.69) is 25.9 Å². The van der Waals surface area contributed by atoms with E-state index < -0.39 is 47.9 Å². The molecule has 2 aromatic heterocycles. The van der Waals surface area contributed by atoms with E-state index in [1.807, 2.05) is 76.2 Å². The van der Waals surface area contributed by atoms with Gasteiger partial charge in [-0.3, -0.25) is 14.4 Å². The van der Waals surface area contributed by atoms with E-state index in [9.17, 15) is 24.3 Å². The summed E-state index contributed by atoms with van der Waals surface area (Å²) in [5.74, 6) is -2.64. The number of rotatable bonds is 15. The van der Waals surface area contributed by atoms with Crippen molar-refractivity contribution in [2.45, 2.75) is 77.5 Å². The van der Waals surface area contributed by atoms with E-state index in [-0.39, 0.29) is 31.1 Å². The second-order valence-electron chi connectivity index (χ2n) is 12.5. The molecule has 0 aliphatic carbocycles. The third-order valence-electron chi connectivity index (χ3n) is 7.85. The number of fused-ring (bicyclic) bond motifs is 2. The number of nitrogens with two attached hydrogens (primary N) is 1. The number of nitrogens with one attached hydrogen (secondary N) is 5. The maximum atomic E-state index is 13.8. The molecular weight excluding hydrogens is 572 g/mol. The number of aromatic amines is 2. The molecule has 240 valence electrons. The molecule has 4 rings (SSSR count). The molecular formula is C34H44N6O5. The highest BCUT2D eigenvalue weighted by molar-refractivity contribution is 5.95.